The average molecular weight is 335 g/mol. The number of rotatable bonds is 7. The summed E-state index contributed by atoms with van der Waals surface area (Å²) < 4.78 is 8.21. The van der Waals surface area contributed by atoms with Crippen molar-refractivity contribution in [3.05, 3.63) is 65.4 Å². The number of nitrogens with zero attached hydrogens (tertiary/aromatic N) is 1. The largest absolute Gasteiger partial charge is 0.491 e. The van der Waals surface area contributed by atoms with Crippen LogP contribution in [0.15, 0.2) is 48.5 Å². The monoisotopic (exact) mass is 335 g/mol. The van der Waals surface area contributed by atoms with Gasteiger partial charge in [0, 0.05) is 28.7 Å². The van der Waals surface area contributed by atoms with Crippen LogP contribution in [0.5, 0.6) is 5.75 Å². The highest BCUT2D eigenvalue weighted by Gasteiger charge is 2.15. The van der Waals surface area contributed by atoms with E-state index in [2.05, 4.69) is 36.6 Å². The highest BCUT2D eigenvalue weighted by molar-refractivity contribution is 6.00. The van der Waals surface area contributed by atoms with Crippen molar-refractivity contribution in [2.45, 2.75) is 46.3 Å². The SMILES string of the molecule is CCCC(C)Oc1ccc2c(c1)c(C=O)c(C)n2Cc1ccccc1. The van der Waals surface area contributed by atoms with Crippen molar-refractivity contribution in [3.8, 4) is 5.75 Å². The molecule has 1 atom stereocenters. The van der Waals surface area contributed by atoms with E-state index in [1.165, 1.54) is 5.56 Å². The van der Waals surface area contributed by atoms with Crippen LogP contribution in [0.4, 0.5) is 0 Å². The summed E-state index contributed by atoms with van der Waals surface area (Å²) in [5.41, 5.74) is 4.03. The van der Waals surface area contributed by atoms with Gasteiger partial charge in [-0.3, -0.25) is 4.79 Å². The number of aromatic nitrogens is 1. The smallest absolute Gasteiger partial charge is 0.152 e. The predicted octanol–water partition coefficient (Wildman–Crippen LogP) is 5.38. The van der Waals surface area contributed by atoms with Crippen molar-refractivity contribution in [2.24, 2.45) is 0 Å². The average Bonchev–Trinajstić information content (AvgIpc) is 2.87. The Kier molecular flexibility index (Phi) is 5.22. The van der Waals surface area contributed by atoms with E-state index < -0.39 is 0 Å². The fraction of sp³-hybridized carbons (Fsp3) is 0.318. The second-order valence-corrected chi connectivity index (χ2v) is 6.58. The van der Waals surface area contributed by atoms with E-state index >= 15 is 0 Å². The minimum atomic E-state index is 0.176. The molecule has 1 heterocycles. The first-order valence-electron chi connectivity index (χ1n) is 8.92. The van der Waals surface area contributed by atoms with Crippen LogP contribution in [0, 0.1) is 6.92 Å². The summed E-state index contributed by atoms with van der Waals surface area (Å²) in [5.74, 6) is 0.827. The quantitative estimate of drug-likeness (QED) is 0.543. The van der Waals surface area contributed by atoms with E-state index in [-0.39, 0.29) is 6.10 Å². The number of carbonyl (C=O) groups excluding carboxylic acids is 1. The van der Waals surface area contributed by atoms with Gasteiger partial charge in [0.25, 0.3) is 0 Å². The number of aldehydes is 1. The summed E-state index contributed by atoms with van der Waals surface area (Å²) in [6, 6.07) is 16.4. The van der Waals surface area contributed by atoms with Crippen LogP contribution in [-0.2, 0) is 6.54 Å². The number of benzene rings is 2. The van der Waals surface area contributed by atoms with E-state index in [0.717, 1.165) is 53.6 Å². The second-order valence-electron chi connectivity index (χ2n) is 6.58. The normalized spacial score (nSPS) is 12.3. The zero-order valence-electron chi connectivity index (χ0n) is 15.2. The molecule has 0 fully saturated rings. The molecule has 0 radical (unpaired) electrons. The van der Waals surface area contributed by atoms with Crippen LogP contribution in [0.25, 0.3) is 10.9 Å². The molecule has 0 aliphatic heterocycles. The van der Waals surface area contributed by atoms with Crippen molar-refractivity contribution in [1.82, 2.24) is 4.57 Å². The Bertz CT molecular complexity index is 865. The zero-order valence-corrected chi connectivity index (χ0v) is 15.2. The third-order valence-corrected chi connectivity index (χ3v) is 4.68. The van der Waals surface area contributed by atoms with Crippen LogP contribution in [0.3, 0.4) is 0 Å². The fourth-order valence-corrected chi connectivity index (χ4v) is 3.38. The molecule has 0 spiro atoms. The van der Waals surface area contributed by atoms with Crippen molar-refractivity contribution >= 4 is 17.2 Å². The number of ether oxygens (including phenoxy) is 1. The Morgan fingerprint density at radius 1 is 1.16 bits per heavy atom. The lowest BCUT2D eigenvalue weighted by atomic mass is 10.1. The lowest BCUT2D eigenvalue weighted by molar-refractivity contribution is 0.112. The van der Waals surface area contributed by atoms with Crippen LogP contribution in [0.2, 0.25) is 0 Å². The molecule has 0 saturated carbocycles. The van der Waals surface area contributed by atoms with Gasteiger partial charge in [-0.25, -0.2) is 0 Å². The summed E-state index contributed by atoms with van der Waals surface area (Å²) in [5, 5.41) is 0.963. The molecule has 0 amide bonds. The van der Waals surface area contributed by atoms with Crippen LogP contribution < -0.4 is 4.74 Å². The molecule has 130 valence electrons. The molecule has 0 saturated heterocycles. The molecule has 1 aromatic heterocycles. The van der Waals surface area contributed by atoms with Gasteiger partial charge in [0.2, 0.25) is 0 Å². The topological polar surface area (TPSA) is 31.2 Å². The lowest BCUT2D eigenvalue weighted by Crippen LogP contribution is -2.10. The molecular formula is C22H25NO2. The van der Waals surface area contributed by atoms with Crippen LogP contribution >= 0.6 is 0 Å². The summed E-state index contributed by atoms with van der Waals surface area (Å²) >= 11 is 0. The second kappa shape index (κ2) is 7.56. The number of carbonyl (C=O) groups is 1. The van der Waals surface area contributed by atoms with Gasteiger partial charge in [0.05, 0.1) is 6.10 Å². The molecule has 0 bridgehead atoms. The molecular weight excluding hydrogens is 310 g/mol. The minimum absolute atomic E-state index is 0.176. The summed E-state index contributed by atoms with van der Waals surface area (Å²) in [7, 11) is 0. The first-order valence-corrected chi connectivity index (χ1v) is 8.92. The molecule has 0 aliphatic carbocycles. The lowest BCUT2D eigenvalue weighted by Gasteiger charge is -2.14. The summed E-state index contributed by atoms with van der Waals surface area (Å²) in [6.45, 7) is 7.00. The third-order valence-electron chi connectivity index (χ3n) is 4.68. The van der Waals surface area contributed by atoms with E-state index in [4.69, 9.17) is 4.74 Å². The van der Waals surface area contributed by atoms with Crippen LogP contribution in [0.1, 0.15) is 48.3 Å². The van der Waals surface area contributed by atoms with Gasteiger partial charge in [-0.05, 0) is 44.0 Å². The van der Waals surface area contributed by atoms with Gasteiger partial charge in [-0.15, -0.1) is 0 Å². The molecule has 0 N–H and O–H groups in total. The number of hydrogen-bond donors (Lipinski definition) is 0. The van der Waals surface area contributed by atoms with Crippen molar-refractivity contribution < 1.29 is 9.53 Å². The van der Waals surface area contributed by atoms with Gasteiger partial charge in [0.1, 0.15) is 5.75 Å². The van der Waals surface area contributed by atoms with E-state index in [9.17, 15) is 4.79 Å². The zero-order chi connectivity index (χ0) is 17.8. The highest BCUT2D eigenvalue weighted by atomic mass is 16.5. The molecule has 3 nitrogen and oxygen atoms in total. The molecule has 25 heavy (non-hydrogen) atoms. The van der Waals surface area contributed by atoms with Gasteiger partial charge >= 0.3 is 0 Å². The molecule has 3 aromatic rings. The van der Waals surface area contributed by atoms with Crippen molar-refractivity contribution in [2.75, 3.05) is 0 Å². The maximum Gasteiger partial charge on any atom is 0.152 e. The first kappa shape index (κ1) is 17.3. The Morgan fingerprint density at radius 2 is 1.92 bits per heavy atom. The Labute approximate surface area is 149 Å². The standard InChI is InChI=1S/C22H25NO2/c1-4-8-16(2)25-19-11-12-22-20(13-19)21(15-24)17(3)23(22)14-18-9-6-5-7-10-18/h5-7,9-13,15-16H,4,8,14H2,1-3H3. The van der Waals surface area contributed by atoms with Crippen LogP contribution in [-0.4, -0.2) is 17.0 Å². The maximum absolute atomic E-state index is 11.7. The Morgan fingerprint density at radius 3 is 2.60 bits per heavy atom. The molecule has 2 aromatic carbocycles. The highest BCUT2D eigenvalue weighted by Crippen LogP contribution is 2.29. The molecule has 0 aliphatic rings. The third kappa shape index (κ3) is 3.60. The number of fused-ring (bicyclic) bond motifs is 1. The fourth-order valence-electron chi connectivity index (χ4n) is 3.38. The molecule has 1 unspecified atom stereocenters. The van der Waals surface area contributed by atoms with Gasteiger partial charge in [0.15, 0.2) is 6.29 Å². The summed E-state index contributed by atoms with van der Waals surface area (Å²) in [4.78, 5) is 11.7. The molecule has 3 rings (SSSR count). The Balaban J connectivity index is 2.01. The van der Waals surface area contributed by atoms with Crippen molar-refractivity contribution in [3.63, 3.8) is 0 Å². The maximum atomic E-state index is 11.7. The first-order chi connectivity index (χ1) is 12.1. The minimum Gasteiger partial charge on any atom is -0.491 e. The van der Waals surface area contributed by atoms with Gasteiger partial charge in [-0.1, -0.05) is 43.7 Å². The van der Waals surface area contributed by atoms with E-state index in [1.54, 1.807) is 0 Å². The summed E-state index contributed by atoms with van der Waals surface area (Å²) in [6.07, 6.45) is 3.25. The number of hydrogen-bond acceptors (Lipinski definition) is 2. The molecule has 3 heteroatoms. The van der Waals surface area contributed by atoms with Crippen molar-refractivity contribution in [1.29, 1.82) is 0 Å². The van der Waals surface area contributed by atoms with Gasteiger partial charge < -0.3 is 9.30 Å². The van der Waals surface area contributed by atoms with E-state index in [0.29, 0.717) is 0 Å². The van der Waals surface area contributed by atoms with E-state index in [1.807, 2.05) is 37.3 Å². The Hall–Kier alpha value is -2.55. The predicted molar refractivity (Wildman–Crippen MR) is 103 cm³/mol. The van der Waals surface area contributed by atoms with Gasteiger partial charge in [-0.2, -0.15) is 0 Å².